The van der Waals surface area contributed by atoms with Crippen LogP contribution in [0.25, 0.3) is 0 Å². The van der Waals surface area contributed by atoms with Gasteiger partial charge in [-0.3, -0.25) is 4.79 Å². The van der Waals surface area contributed by atoms with Crippen molar-refractivity contribution in [3.05, 3.63) is 63.9 Å². The molecule has 0 spiro atoms. The number of amides is 1. The number of rotatable bonds is 4. The van der Waals surface area contributed by atoms with Crippen LogP contribution in [-0.2, 0) is 9.53 Å². The Morgan fingerprint density at radius 2 is 2.04 bits per heavy atom. The van der Waals surface area contributed by atoms with Gasteiger partial charge in [0.25, 0.3) is 5.91 Å². The van der Waals surface area contributed by atoms with E-state index >= 15 is 0 Å². The lowest BCUT2D eigenvalue weighted by atomic mass is 10.2. The maximum absolute atomic E-state index is 13.7. The van der Waals surface area contributed by atoms with Crippen molar-refractivity contribution in [2.24, 2.45) is 0 Å². The number of nitrogens with zero attached hydrogens (tertiary/aromatic N) is 1. The molecule has 1 amide bonds. The van der Waals surface area contributed by atoms with E-state index in [1.54, 1.807) is 18.2 Å². The summed E-state index contributed by atoms with van der Waals surface area (Å²) < 4.78 is 19.2. The molecule has 5 nitrogen and oxygen atoms in total. The number of hydrogen-bond acceptors (Lipinski definition) is 4. The average molecular weight is 391 g/mol. The smallest absolute Gasteiger partial charge is 0.341 e. The molecule has 7 heteroatoms. The zero-order chi connectivity index (χ0) is 17.7. The lowest BCUT2D eigenvalue weighted by molar-refractivity contribution is -0.123. The second-order valence-electron chi connectivity index (χ2n) is 4.85. The molecule has 0 aliphatic rings. The Kier molecular flexibility index (Phi) is 5.66. The summed E-state index contributed by atoms with van der Waals surface area (Å²) in [5.74, 6) is -2.27. The van der Waals surface area contributed by atoms with E-state index in [-0.39, 0.29) is 5.56 Å². The zero-order valence-electron chi connectivity index (χ0n) is 12.5. The van der Waals surface area contributed by atoms with Gasteiger partial charge in [-0.15, -0.1) is 0 Å². The minimum absolute atomic E-state index is 0.260. The largest absolute Gasteiger partial charge is 0.449 e. The molecule has 0 radical (unpaired) electrons. The fourth-order valence-corrected chi connectivity index (χ4v) is 2.18. The minimum Gasteiger partial charge on any atom is -0.449 e. The van der Waals surface area contributed by atoms with Crippen LogP contribution in [0.5, 0.6) is 0 Å². The third-order valence-corrected chi connectivity index (χ3v) is 3.56. The molecule has 0 bridgehead atoms. The molecule has 1 N–H and O–H groups in total. The zero-order valence-corrected chi connectivity index (χ0v) is 14.1. The van der Waals surface area contributed by atoms with Crippen molar-refractivity contribution in [1.82, 2.24) is 0 Å². The van der Waals surface area contributed by atoms with Crippen molar-refractivity contribution >= 4 is 33.5 Å². The minimum atomic E-state index is -1.13. The maximum atomic E-state index is 13.7. The molecule has 0 fully saturated rings. The number of carbonyl (C=O) groups is 2. The van der Waals surface area contributed by atoms with Gasteiger partial charge in [-0.05, 0) is 43.3 Å². The Bertz CT molecular complexity index is 833. The van der Waals surface area contributed by atoms with Gasteiger partial charge in [0.1, 0.15) is 5.82 Å². The van der Waals surface area contributed by atoms with E-state index in [0.717, 1.165) is 6.07 Å². The number of hydrogen-bond donors (Lipinski definition) is 1. The first-order chi connectivity index (χ1) is 11.4. The van der Waals surface area contributed by atoms with Crippen molar-refractivity contribution in [1.29, 1.82) is 5.26 Å². The monoisotopic (exact) mass is 390 g/mol. The summed E-state index contributed by atoms with van der Waals surface area (Å²) in [6.07, 6.45) is -1.13. The Morgan fingerprint density at radius 1 is 1.29 bits per heavy atom. The molecule has 1 atom stereocenters. The van der Waals surface area contributed by atoms with Crippen molar-refractivity contribution in [2.75, 3.05) is 5.32 Å². The van der Waals surface area contributed by atoms with Gasteiger partial charge in [-0.25, -0.2) is 9.18 Å². The second-order valence-corrected chi connectivity index (χ2v) is 5.77. The highest BCUT2D eigenvalue weighted by molar-refractivity contribution is 9.10. The normalized spacial score (nSPS) is 11.2. The molecule has 0 aromatic heterocycles. The summed E-state index contributed by atoms with van der Waals surface area (Å²) in [6, 6.07) is 12.1. The Hall–Kier alpha value is -2.72. The summed E-state index contributed by atoms with van der Waals surface area (Å²) in [6.45, 7) is 1.37. The topological polar surface area (TPSA) is 79.2 Å². The highest BCUT2D eigenvalue weighted by Gasteiger charge is 2.21. The van der Waals surface area contributed by atoms with Gasteiger partial charge in [0.15, 0.2) is 6.10 Å². The third kappa shape index (κ3) is 4.40. The van der Waals surface area contributed by atoms with Crippen LogP contribution in [0, 0.1) is 17.1 Å². The fraction of sp³-hybridized carbons (Fsp3) is 0.118. The van der Waals surface area contributed by atoms with Crippen molar-refractivity contribution in [3.8, 4) is 6.07 Å². The first-order valence-corrected chi connectivity index (χ1v) is 7.67. The fourth-order valence-electron chi connectivity index (χ4n) is 1.84. The number of halogens is 2. The van der Waals surface area contributed by atoms with E-state index in [0.29, 0.717) is 15.7 Å². The van der Waals surface area contributed by atoms with Crippen molar-refractivity contribution < 1.29 is 18.7 Å². The molecule has 2 rings (SSSR count). The van der Waals surface area contributed by atoms with E-state index in [2.05, 4.69) is 21.2 Å². The highest BCUT2D eigenvalue weighted by Crippen LogP contribution is 2.17. The quantitative estimate of drug-likeness (QED) is 0.808. The molecule has 0 heterocycles. The van der Waals surface area contributed by atoms with Crippen LogP contribution in [0.15, 0.2) is 46.9 Å². The third-order valence-electron chi connectivity index (χ3n) is 3.06. The predicted octanol–water partition coefficient (Wildman–Crippen LogP) is 3.64. The van der Waals surface area contributed by atoms with Crippen LogP contribution in [-0.4, -0.2) is 18.0 Å². The van der Waals surface area contributed by atoms with E-state index in [1.165, 1.54) is 25.1 Å². The van der Waals surface area contributed by atoms with E-state index in [9.17, 15) is 14.0 Å². The van der Waals surface area contributed by atoms with Crippen LogP contribution in [0.1, 0.15) is 22.8 Å². The van der Waals surface area contributed by atoms with Gasteiger partial charge in [0, 0.05) is 10.2 Å². The molecular formula is C17H12BrFN2O3. The number of ether oxygens (including phenoxy) is 1. The van der Waals surface area contributed by atoms with Gasteiger partial charge in [-0.2, -0.15) is 5.26 Å². The van der Waals surface area contributed by atoms with Gasteiger partial charge in [-0.1, -0.05) is 22.0 Å². The lowest BCUT2D eigenvalue weighted by Crippen LogP contribution is -2.30. The standard InChI is InChI=1S/C17H12BrFN2O3/c1-10(16(22)21-13-4-2-3-11(7-13)9-20)24-17(23)14-6-5-12(18)8-15(14)19/h2-8,10H,1H3,(H,21,22)/t10-/m1/s1. The molecule has 2 aromatic rings. The lowest BCUT2D eigenvalue weighted by Gasteiger charge is -2.14. The maximum Gasteiger partial charge on any atom is 0.341 e. The number of carbonyl (C=O) groups excluding carboxylic acids is 2. The number of nitriles is 1. The number of benzene rings is 2. The van der Waals surface area contributed by atoms with E-state index < -0.39 is 23.8 Å². The molecular weight excluding hydrogens is 379 g/mol. The summed E-state index contributed by atoms with van der Waals surface area (Å²) in [4.78, 5) is 24.0. The Balaban J connectivity index is 2.03. The molecule has 0 aliphatic heterocycles. The van der Waals surface area contributed by atoms with Gasteiger partial charge < -0.3 is 10.1 Å². The second kappa shape index (κ2) is 7.70. The summed E-state index contributed by atoms with van der Waals surface area (Å²) in [5, 5.41) is 11.4. The van der Waals surface area contributed by atoms with Gasteiger partial charge in [0.2, 0.25) is 0 Å². The van der Waals surface area contributed by atoms with Crippen molar-refractivity contribution in [2.45, 2.75) is 13.0 Å². The molecule has 0 saturated heterocycles. The summed E-state index contributed by atoms with van der Waals surface area (Å²) in [5.41, 5.74) is 0.524. The average Bonchev–Trinajstić information content (AvgIpc) is 2.54. The molecule has 0 saturated carbocycles. The number of anilines is 1. The molecule has 122 valence electrons. The van der Waals surface area contributed by atoms with Crippen LogP contribution in [0.3, 0.4) is 0 Å². The molecule has 0 aliphatic carbocycles. The van der Waals surface area contributed by atoms with E-state index in [1.807, 2.05) is 6.07 Å². The van der Waals surface area contributed by atoms with Crippen LogP contribution in [0.4, 0.5) is 10.1 Å². The van der Waals surface area contributed by atoms with Crippen LogP contribution in [0.2, 0.25) is 0 Å². The van der Waals surface area contributed by atoms with Crippen LogP contribution < -0.4 is 5.32 Å². The van der Waals surface area contributed by atoms with Crippen molar-refractivity contribution in [3.63, 3.8) is 0 Å². The SMILES string of the molecule is C[C@@H](OC(=O)c1ccc(Br)cc1F)C(=O)Nc1cccc(C#N)c1. The summed E-state index contributed by atoms with van der Waals surface area (Å²) in [7, 11) is 0. The van der Waals surface area contributed by atoms with Gasteiger partial charge >= 0.3 is 5.97 Å². The number of esters is 1. The summed E-state index contributed by atoms with van der Waals surface area (Å²) >= 11 is 3.09. The molecule has 2 aromatic carbocycles. The first-order valence-electron chi connectivity index (χ1n) is 6.88. The Morgan fingerprint density at radius 3 is 2.71 bits per heavy atom. The first kappa shape index (κ1) is 17.6. The molecule has 24 heavy (non-hydrogen) atoms. The Labute approximate surface area is 146 Å². The van der Waals surface area contributed by atoms with E-state index in [4.69, 9.17) is 10.00 Å². The highest BCUT2D eigenvalue weighted by atomic mass is 79.9. The molecule has 0 unspecified atom stereocenters. The van der Waals surface area contributed by atoms with Crippen LogP contribution >= 0.6 is 15.9 Å². The number of nitrogens with one attached hydrogen (secondary N) is 1. The van der Waals surface area contributed by atoms with Gasteiger partial charge in [0.05, 0.1) is 17.2 Å². The predicted molar refractivity (Wildman–Crippen MR) is 88.8 cm³/mol.